The first-order chi connectivity index (χ1) is 14.0. The number of nitrogens with zero attached hydrogens (tertiary/aromatic N) is 3. The number of benzene rings is 1. The van der Waals surface area contributed by atoms with Crippen molar-refractivity contribution in [3.63, 3.8) is 0 Å². The van der Waals surface area contributed by atoms with Crippen molar-refractivity contribution in [3.05, 3.63) is 45.9 Å². The largest absolute Gasteiger partial charge is 0.469 e. The number of carbonyl (C=O) groups is 2. The van der Waals surface area contributed by atoms with Crippen molar-refractivity contribution in [3.8, 4) is 5.13 Å². The molecule has 0 bridgehead atoms. The van der Waals surface area contributed by atoms with Gasteiger partial charge in [-0.1, -0.05) is 23.5 Å². The van der Waals surface area contributed by atoms with E-state index in [0.717, 1.165) is 23.1 Å². The minimum Gasteiger partial charge on any atom is -0.469 e. The normalized spacial score (nSPS) is 14.2. The highest BCUT2D eigenvalue weighted by molar-refractivity contribution is 7.20. The van der Waals surface area contributed by atoms with E-state index in [0.29, 0.717) is 16.5 Å². The molecule has 1 fully saturated rings. The molecule has 0 atom stereocenters. The maximum atomic E-state index is 13.1. The Kier molecular flexibility index (Phi) is 5.01. The number of nitrogens with one attached hydrogen (secondary N) is 2. The quantitative estimate of drug-likeness (QED) is 0.363. The van der Waals surface area contributed by atoms with E-state index >= 15 is 0 Å². The number of aromatic amines is 1. The average Bonchev–Trinajstić information content (AvgIpc) is 3.40. The van der Waals surface area contributed by atoms with Crippen LogP contribution in [0.1, 0.15) is 31.0 Å². The predicted molar refractivity (Wildman–Crippen MR) is 108 cm³/mol. The van der Waals surface area contributed by atoms with Gasteiger partial charge in [-0.3, -0.25) is 19.5 Å². The first-order valence-electron chi connectivity index (χ1n) is 9.09. The Hall–Kier alpha value is -3.27. The van der Waals surface area contributed by atoms with Gasteiger partial charge < -0.3 is 4.74 Å². The Balaban J connectivity index is 1.75. The predicted octanol–water partition coefficient (Wildman–Crippen LogP) is 1.74. The third-order valence-corrected chi connectivity index (χ3v) is 5.65. The topological polar surface area (TPSA) is 118 Å². The lowest BCUT2D eigenvalue weighted by molar-refractivity contribution is -0.139. The minimum atomic E-state index is -0.501. The molecule has 0 spiro atoms. The minimum absolute atomic E-state index is 0.00767. The standard InChI is InChI=1S/C19H19N5O4S/c1-10(21-22-17(26)11-7-8-11)16-13(9-15(25)28-2)23-24(18(16)27)19-20-12-5-3-4-6-14(12)29-19/h3-6,11,23H,7-9H2,1-2H3,(H,22,26)/b21-10+. The van der Waals surface area contributed by atoms with Crippen molar-refractivity contribution in [2.45, 2.75) is 26.2 Å². The molecule has 0 unspecified atom stereocenters. The zero-order chi connectivity index (χ0) is 20.5. The highest BCUT2D eigenvalue weighted by Crippen LogP contribution is 2.28. The van der Waals surface area contributed by atoms with Crippen molar-refractivity contribution in [1.82, 2.24) is 20.2 Å². The molecular formula is C19H19N5O4S. The Labute approximate surface area is 169 Å². The van der Waals surface area contributed by atoms with Gasteiger partial charge in [-0.25, -0.2) is 10.4 Å². The Morgan fingerprint density at radius 3 is 2.83 bits per heavy atom. The zero-order valence-corrected chi connectivity index (χ0v) is 16.7. The zero-order valence-electron chi connectivity index (χ0n) is 15.9. The number of hydrazone groups is 1. The molecule has 2 aromatic heterocycles. The molecule has 0 radical (unpaired) electrons. The van der Waals surface area contributed by atoms with E-state index in [9.17, 15) is 14.4 Å². The fourth-order valence-corrected chi connectivity index (χ4v) is 3.85. The lowest BCUT2D eigenvalue weighted by atomic mass is 10.1. The van der Waals surface area contributed by atoms with Crippen molar-refractivity contribution in [1.29, 1.82) is 0 Å². The van der Waals surface area contributed by atoms with Gasteiger partial charge in [0.15, 0.2) is 0 Å². The number of H-pyrrole nitrogens is 1. The Bertz CT molecular complexity index is 1150. The number of amides is 1. The molecule has 1 saturated carbocycles. The van der Waals surface area contributed by atoms with Crippen molar-refractivity contribution in [2.75, 3.05) is 7.11 Å². The first kappa shape index (κ1) is 19.1. The van der Waals surface area contributed by atoms with Gasteiger partial charge in [-0.05, 0) is 31.9 Å². The number of thiazole rings is 1. The number of para-hydroxylation sites is 1. The number of rotatable bonds is 6. The number of hydrogen-bond acceptors (Lipinski definition) is 7. The highest BCUT2D eigenvalue weighted by Gasteiger charge is 2.29. The van der Waals surface area contributed by atoms with Crippen LogP contribution >= 0.6 is 11.3 Å². The Morgan fingerprint density at radius 2 is 2.14 bits per heavy atom. The molecule has 29 heavy (non-hydrogen) atoms. The summed E-state index contributed by atoms with van der Waals surface area (Å²) in [5, 5.41) is 7.48. The smallest absolute Gasteiger partial charge is 0.311 e. The van der Waals surface area contributed by atoms with E-state index in [1.807, 2.05) is 24.3 Å². The number of fused-ring (bicyclic) bond motifs is 1. The van der Waals surface area contributed by atoms with Crippen LogP contribution in [0.2, 0.25) is 0 Å². The van der Waals surface area contributed by atoms with E-state index in [1.165, 1.54) is 23.1 Å². The average molecular weight is 413 g/mol. The van der Waals surface area contributed by atoms with E-state index < -0.39 is 11.5 Å². The molecule has 2 heterocycles. The summed E-state index contributed by atoms with van der Waals surface area (Å²) in [5.74, 6) is -0.675. The molecule has 10 heteroatoms. The number of aromatic nitrogens is 3. The molecule has 2 N–H and O–H groups in total. The monoisotopic (exact) mass is 413 g/mol. The highest BCUT2D eigenvalue weighted by atomic mass is 32.1. The van der Waals surface area contributed by atoms with E-state index in [4.69, 9.17) is 4.74 Å². The second kappa shape index (κ2) is 7.63. The van der Waals surface area contributed by atoms with Gasteiger partial charge in [0.05, 0.1) is 40.7 Å². The van der Waals surface area contributed by atoms with Gasteiger partial charge in [-0.15, -0.1) is 0 Å². The summed E-state index contributed by atoms with van der Waals surface area (Å²) < 4.78 is 6.96. The summed E-state index contributed by atoms with van der Waals surface area (Å²) in [7, 11) is 1.28. The number of methoxy groups -OCH3 is 1. The van der Waals surface area contributed by atoms with Gasteiger partial charge in [0.2, 0.25) is 11.0 Å². The van der Waals surface area contributed by atoms with Gasteiger partial charge >= 0.3 is 5.97 Å². The summed E-state index contributed by atoms with van der Waals surface area (Å²) in [4.78, 5) is 41.3. The van der Waals surface area contributed by atoms with E-state index in [-0.39, 0.29) is 23.8 Å². The lowest BCUT2D eigenvalue weighted by Gasteiger charge is -2.02. The van der Waals surface area contributed by atoms with Crippen LogP contribution in [0.4, 0.5) is 0 Å². The van der Waals surface area contributed by atoms with Crippen LogP contribution in [0.25, 0.3) is 15.3 Å². The fourth-order valence-electron chi connectivity index (χ4n) is 2.92. The number of hydrogen-bond donors (Lipinski definition) is 2. The number of ether oxygens (including phenoxy) is 1. The van der Waals surface area contributed by atoms with E-state index in [2.05, 4.69) is 20.6 Å². The molecule has 1 aliphatic carbocycles. The van der Waals surface area contributed by atoms with Gasteiger partial charge in [0.25, 0.3) is 5.56 Å². The third kappa shape index (κ3) is 3.83. The number of carbonyl (C=O) groups excluding carboxylic acids is 2. The van der Waals surface area contributed by atoms with Gasteiger partial charge in [-0.2, -0.15) is 9.78 Å². The van der Waals surface area contributed by atoms with Crippen molar-refractivity contribution in [2.24, 2.45) is 11.0 Å². The molecule has 9 nitrogen and oxygen atoms in total. The number of esters is 1. The molecule has 150 valence electrons. The van der Waals surface area contributed by atoms with Gasteiger partial charge in [0, 0.05) is 5.92 Å². The maximum absolute atomic E-state index is 13.1. The molecule has 1 aromatic carbocycles. The second-order valence-electron chi connectivity index (χ2n) is 6.77. The summed E-state index contributed by atoms with van der Waals surface area (Å²) in [6.45, 7) is 1.61. The molecule has 1 amide bonds. The summed E-state index contributed by atoms with van der Waals surface area (Å²) in [5.41, 5.74) is 3.73. The molecule has 1 aliphatic rings. The molecule has 0 saturated heterocycles. The molecular weight excluding hydrogens is 394 g/mol. The molecule has 3 aromatic rings. The van der Waals surface area contributed by atoms with Crippen LogP contribution in [0, 0.1) is 5.92 Å². The third-order valence-electron chi connectivity index (χ3n) is 4.63. The molecule has 4 rings (SSSR count). The fraction of sp³-hybridized carbons (Fsp3) is 0.316. The van der Waals surface area contributed by atoms with Crippen molar-refractivity contribution < 1.29 is 14.3 Å². The summed E-state index contributed by atoms with van der Waals surface area (Å²) >= 11 is 1.35. The molecule has 0 aliphatic heterocycles. The SMILES string of the molecule is COC(=O)Cc1[nH]n(-c2nc3ccccc3s2)c(=O)c1/C(C)=N/NC(=O)C1CC1. The summed E-state index contributed by atoms with van der Waals surface area (Å²) in [6, 6.07) is 7.55. The van der Waals surface area contributed by atoms with E-state index in [1.54, 1.807) is 6.92 Å². The van der Waals surface area contributed by atoms with Crippen LogP contribution in [0.3, 0.4) is 0 Å². The second-order valence-corrected chi connectivity index (χ2v) is 7.78. The van der Waals surface area contributed by atoms with Gasteiger partial charge in [0.1, 0.15) is 0 Å². The lowest BCUT2D eigenvalue weighted by Crippen LogP contribution is -2.24. The van der Waals surface area contributed by atoms with Crippen LogP contribution in [0.5, 0.6) is 0 Å². The summed E-state index contributed by atoms with van der Waals surface area (Å²) in [6.07, 6.45) is 1.56. The Morgan fingerprint density at radius 1 is 1.38 bits per heavy atom. The van der Waals surface area contributed by atoms with Crippen LogP contribution in [0.15, 0.2) is 34.2 Å². The first-order valence-corrected chi connectivity index (χ1v) is 9.90. The van der Waals surface area contributed by atoms with Crippen LogP contribution < -0.4 is 11.0 Å². The maximum Gasteiger partial charge on any atom is 0.311 e. The van der Waals surface area contributed by atoms with Crippen molar-refractivity contribution >= 4 is 39.1 Å². The van der Waals surface area contributed by atoms with Crippen LogP contribution in [-0.4, -0.2) is 39.5 Å². The van der Waals surface area contributed by atoms with Crippen LogP contribution in [-0.2, 0) is 20.7 Å².